The first-order chi connectivity index (χ1) is 8.83. The van der Waals surface area contributed by atoms with E-state index in [2.05, 4.69) is 24.3 Å². The molecule has 0 amide bonds. The van der Waals surface area contributed by atoms with Gasteiger partial charge in [-0.15, -0.1) is 0 Å². The van der Waals surface area contributed by atoms with E-state index in [0.717, 1.165) is 11.1 Å². The van der Waals surface area contributed by atoms with Gasteiger partial charge < -0.3 is 9.84 Å². The van der Waals surface area contributed by atoms with Gasteiger partial charge in [0.1, 0.15) is 6.10 Å². The van der Waals surface area contributed by atoms with Crippen LogP contribution in [-0.4, -0.2) is 18.3 Å². The lowest BCUT2D eigenvalue weighted by Gasteiger charge is -2.19. The summed E-state index contributed by atoms with van der Waals surface area (Å²) < 4.78 is 5.89. The lowest BCUT2D eigenvalue weighted by atomic mass is 10.0. The standard InChI is InChI=1S/C16H22O2/c1-3-9-14(4-2)16(18-13-8-12-17)15-10-6-5-7-11-15/h3-7,9-11,16-17H,8,12-13H2,1-2H3/b9-3-,14-4+. The van der Waals surface area contributed by atoms with Crippen LogP contribution in [0, 0.1) is 0 Å². The van der Waals surface area contributed by atoms with Crippen LogP contribution in [0.2, 0.25) is 0 Å². The molecule has 0 fully saturated rings. The van der Waals surface area contributed by atoms with Gasteiger partial charge in [-0.3, -0.25) is 0 Å². The zero-order valence-electron chi connectivity index (χ0n) is 11.2. The summed E-state index contributed by atoms with van der Waals surface area (Å²) in [6.07, 6.45) is 6.75. The van der Waals surface area contributed by atoms with Crippen molar-refractivity contribution in [1.29, 1.82) is 0 Å². The molecule has 0 spiro atoms. The van der Waals surface area contributed by atoms with E-state index < -0.39 is 0 Å². The Morgan fingerprint density at radius 2 is 2.00 bits per heavy atom. The van der Waals surface area contributed by atoms with Gasteiger partial charge in [0.2, 0.25) is 0 Å². The van der Waals surface area contributed by atoms with Crippen LogP contribution in [0.3, 0.4) is 0 Å². The number of hydrogen-bond acceptors (Lipinski definition) is 2. The van der Waals surface area contributed by atoms with Crippen molar-refractivity contribution in [3.05, 3.63) is 59.7 Å². The summed E-state index contributed by atoms with van der Waals surface area (Å²) in [7, 11) is 0. The maximum atomic E-state index is 8.84. The zero-order chi connectivity index (χ0) is 13.2. The molecule has 0 bridgehead atoms. The summed E-state index contributed by atoms with van der Waals surface area (Å²) in [4.78, 5) is 0. The van der Waals surface area contributed by atoms with Crippen molar-refractivity contribution in [3.8, 4) is 0 Å². The zero-order valence-corrected chi connectivity index (χ0v) is 11.2. The van der Waals surface area contributed by atoms with Gasteiger partial charge in [-0.25, -0.2) is 0 Å². The summed E-state index contributed by atoms with van der Waals surface area (Å²) >= 11 is 0. The molecule has 1 atom stereocenters. The Morgan fingerprint density at radius 3 is 2.56 bits per heavy atom. The Labute approximate surface area is 110 Å². The van der Waals surface area contributed by atoms with Crippen molar-refractivity contribution in [2.24, 2.45) is 0 Å². The number of rotatable bonds is 7. The van der Waals surface area contributed by atoms with Crippen molar-refractivity contribution >= 4 is 0 Å². The Bertz CT molecular complexity index is 379. The topological polar surface area (TPSA) is 29.5 Å². The normalized spacial score (nSPS) is 14.1. The van der Waals surface area contributed by atoms with Crippen LogP contribution >= 0.6 is 0 Å². The van der Waals surface area contributed by atoms with E-state index in [0.29, 0.717) is 13.0 Å². The molecule has 1 N–H and O–H groups in total. The lowest BCUT2D eigenvalue weighted by molar-refractivity contribution is 0.0678. The molecule has 0 saturated carbocycles. The smallest absolute Gasteiger partial charge is 0.107 e. The van der Waals surface area contributed by atoms with Crippen LogP contribution < -0.4 is 0 Å². The lowest BCUT2D eigenvalue weighted by Crippen LogP contribution is -2.08. The number of hydrogen-bond donors (Lipinski definition) is 1. The number of aliphatic hydroxyl groups is 1. The molecule has 1 rings (SSSR count). The number of allylic oxidation sites excluding steroid dienone is 2. The van der Waals surface area contributed by atoms with Crippen molar-refractivity contribution in [2.75, 3.05) is 13.2 Å². The third-order valence-electron chi connectivity index (χ3n) is 2.68. The molecule has 0 aromatic heterocycles. The van der Waals surface area contributed by atoms with Crippen molar-refractivity contribution in [1.82, 2.24) is 0 Å². The predicted octanol–water partition coefficient (Wildman–Crippen LogP) is 3.65. The summed E-state index contributed by atoms with van der Waals surface area (Å²) in [6, 6.07) is 10.2. The third kappa shape index (κ3) is 4.47. The van der Waals surface area contributed by atoms with Gasteiger partial charge in [-0.2, -0.15) is 0 Å². The first kappa shape index (κ1) is 14.7. The summed E-state index contributed by atoms with van der Waals surface area (Å²) in [6.45, 7) is 4.74. The molecule has 0 radical (unpaired) electrons. The van der Waals surface area contributed by atoms with E-state index in [4.69, 9.17) is 9.84 Å². The van der Waals surface area contributed by atoms with Gasteiger partial charge >= 0.3 is 0 Å². The van der Waals surface area contributed by atoms with E-state index in [1.54, 1.807) is 0 Å². The van der Waals surface area contributed by atoms with Crippen LogP contribution in [0.25, 0.3) is 0 Å². The monoisotopic (exact) mass is 246 g/mol. The number of aliphatic hydroxyl groups excluding tert-OH is 1. The Hall–Kier alpha value is -1.38. The van der Waals surface area contributed by atoms with Crippen LogP contribution in [0.4, 0.5) is 0 Å². The molecule has 0 aliphatic heterocycles. The van der Waals surface area contributed by atoms with Crippen molar-refractivity contribution in [2.45, 2.75) is 26.4 Å². The fraction of sp³-hybridized carbons (Fsp3) is 0.375. The van der Waals surface area contributed by atoms with Gasteiger partial charge in [0, 0.05) is 6.61 Å². The number of benzene rings is 1. The first-order valence-electron chi connectivity index (χ1n) is 6.39. The third-order valence-corrected chi connectivity index (χ3v) is 2.68. The molecule has 0 aliphatic rings. The van der Waals surface area contributed by atoms with Gasteiger partial charge in [0.05, 0.1) is 6.61 Å². The molecule has 0 heterocycles. The van der Waals surface area contributed by atoms with E-state index in [1.165, 1.54) is 0 Å². The average Bonchev–Trinajstić information content (AvgIpc) is 2.43. The molecule has 0 saturated heterocycles. The first-order valence-corrected chi connectivity index (χ1v) is 6.39. The van der Waals surface area contributed by atoms with Gasteiger partial charge in [0.25, 0.3) is 0 Å². The average molecular weight is 246 g/mol. The minimum atomic E-state index is -0.0565. The molecule has 18 heavy (non-hydrogen) atoms. The van der Waals surface area contributed by atoms with Crippen molar-refractivity contribution < 1.29 is 9.84 Å². The molecule has 1 aromatic rings. The second kappa shape index (κ2) is 8.67. The molecule has 1 aromatic carbocycles. The highest BCUT2D eigenvalue weighted by molar-refractivity contribution is 5.32. The summed E-state index contributed by atoms with van der Waals surface area (Å²) in [5, 5.41) is 8.84. The molecular formula is C16H22O2. The maximum absolute atomic E-state index is 8.84. The summed E-state index contributed by atoms with van der Waals surface area (Å²) in [5.74, 6) is 0. The van der Waals surface area contributed by atoms with Gasteiger partial charge in [0.15, 0.2) is 0 Å². The van der Waals surface area contributed by atoms with E-state index >= 15 is 0 Å². The highest BCUT2D eigenvalue weighted by Gasteiger charge is 2.14. The minimum Gasteiger partial charge on any atom is -0.396 e. The van der Waals surface area contributed by atoms with E-state index in [9.17, 15) is 0 Å². The summed E-state index contributed by atoms with van der Waals surface area (Å²) in [5.41, 5.74) is 2.28. The Balaban J connectivity index is 2.87. The van der Waals surface area contributed by atoms with Crippen LogP contribution in [0.15, 0.2) is 54.1 Å². The molecule has 2 heteroatoms. The number of ether oxygens (including phenoxy) is 1. The highest BCUT2D eigenvalue weighted by Crippen LogP contribution is 2.26. The highest BCUT2D eigenvalue weighted by atomic mass is 16.5. The fourth-order valence-corrected chi connectivity index (χ4v) is 1.81. The second-order valence-corrected chi connectivity index (χ2v) is 4.03. The largest absolute Gasteiger partial charge is 0.396 e. The molecule has 2 nitrogen and oxygen atoms in total. The van der Waals surface area contributed by atoms with Crippen LogP contribution in [0.1, 0.15) is 31.9 Å². The Kier molecular flexibility index (Phi) is 7.07. The van der Waals surface area contributed by atoms with E-state index in [1.807, 2.05) is 38.1 Å². The maximum Gasteiger partial charge on any atom is 0.107 e. The van der Waals surface area contributed by atoms with Gasteiger partial charge in [-0.1, -0.05) is 48.6 Å². The Morgan fingerprint density at radius 1 is 1.28 bits per heavy atom. The van der Waals surface area contributed by atoms with Crippen LogP contribution in [0.5, 0.6) is 0 Å². The SMILES string of the molecule is C/C=C\C(=C/C)C(OCCCO)c1ccccc1. The van der Waals surface area contributed by atoms with E-state index in [-0.39, 0.29) is 12.7 Å². The molecule has 0 aliphatic carbocycles. The fourth-order valence-electron chi connectivity index (χ4n) is 1.81. The molecular weight excluding hydrogens is 224 g/mol. The quantitative estimate of drug-likeness (QED) is 0.588. The molecule has 1 unspecified atom stereocenters. The van der Waals surface area contributed by atoms with Crippen LogP contribution in [-0.2, 0) is 4.74 Å². The van der Waals surface area contributed by atoms with Crippen molar-refractivity contribution in [3.63, 3.8) is 0 Å². The van der Waals surface area contributed by atoms with Gasteiger partial charge in [-0.05, 0) is 31.4 Å². The second-order valence-electron chi connectivity index (χ2n) is 4.03. The predicted molar refractivity (Wildman–Crippen MR) is 75.4 cm³/mol. The molecule has 98 valence electrons. The minimum absolute atomic E-state index is 0.0565.